The summed E-state index contributed by atoms with van der Waals surface area (Å²) in [6.07, 6.45) is 7.08. The molecule has 0 spiro atoms. The molecule has 0 rings (SSSR count). The van der Waals surface area contributed by atoms with Crippen molar-refractivity contribution >= 4 is 20.8 Å². The predicted molar refractivity (Wildman–Crippen MR) is 103 cm³/mol. The lowest BCUT2D eigenvalue weighted by molar-refractivity contribution is 0.170. The quantitative estimate of drug-likeness (QED) is 0.220. The third-order valence-electron chi connectivity index (χ3n) is 3.64. The Morgan fingerprint density at radius 3 is 1.83 bits per heavy atom. The summed E-state index contributed by atoms with van der Waals surface area (Å²) in [5.41, 5.74) is 0. The average molecular weight is 367 g/mol. The van der Waals surface area contributed by atoms with E-state index in [1.165, 1.54) is 37.7 Å². The molecule has 140 valence electrons. The van der Waals surface area contributed by atoms with Gasteiger partial charge in [0.05, 0.1) is 0 Å². The fraction of sp³-hybridized carbons (Fsp3) is 1.00. The SMILES string of the molecule is CCCCNCCCSO[Si](CCCNCCCC)(OC)OC. The number of hydrogen-bond acceptors (Lipinski definition) is 6. The highest BCUT2D eigenvalue weighted by Gasteiger charge is 2.39. The first-order valence-electron chi connectivity index (χ1n) is 9.07. The number of rotatable bonds is 18. The Kier molecular flexibility index (Phi) is 17.5. The first-order chi connectivity index (χ1) is 11.2. The normalized spacial score (nSPS) is 12.0. The maximum Gasteiger partial charge on any atom is 0.511 e. The summed E-state index contributed by atoms with van der Waals surface area (Å²) in [6, 6.07) is 0.862. The van der Waals surface area contributed by atoms with Gasteiger partial charge in [0.15, 0.2) is 0 Å². The molecule has 0 aliphatic rings. The summed E-state index contributed by atoms with van der Waals surface area (Å²) in [5.74, 6) is 0.968. The van der Waals surface area contributed by atoms with Crippen LogP contribution in [0.2, 0.25) is 6.04 Å². The summed E-state index contributed by atoms with van der Waals surface area (Å²) in [5, 5.41) is 6.89. The monoisotopic (exact) mass is 366 g/mol. The van der Waals surface area contributed by atoms with Crippen LogP contribution < -0.4 is 10.6 Å². The fourth-order valence-corrected chi connectivity index (χ4v) is 5.44. The van der Waals surface area contributed by atoms with Crippen LogP contribution in [0.15, 0.2) is 0 Å². The maximum atomic E-state index is 5.94. The van der Waals surface area contributed by atoms with Gasteiger partial charge >= 0.3 is 8.80 Å². The Labute approximate surface area is 149 Å². The van der Waals surface area contributed by atoms with Crippen LogP contribution in [0.3, 0.4) is 0 Å². The molecule has 0 amide bonds. The second kappa shape index (κ2) is 17.2. The van der Waals surface area contributed by atoms with Crippen LogP contribution in [0.1, 0.15) is 52.4 Å². The second-order valence-corrected chi connectivity index (χ2v) is 9.65. The van der Waals surface area contributed by atoms with Crippen molar-refractivity contribution in [1.82, 2.24) is 10.6 Å². The molecule has 0 aliphatic carbocycles. The average Bonchev–Trinajstić information content (AvgIpc) is 2.58. The zero-order chi connectivity index (χ0) is 17.2. The molecule has 0 saturated heterocycles. The molecule has 23 heavy (non-hydrogen) atoms. The summed E-state index contributed by atoms with van der Waals surface area (Å²) < 4.78 is 17.1. The molecule has 0 radical (unpaired) electrons. The Morgan fingerprint density at radius 1 is 0.783 bits per heavy atom. The Hall–Kier alpha value is 0.367. The topological polar surface area (TPSA) is 51.8 Å². The molecule has 0 aromatic carbocycles. The van der Waals surface area contributed by atoms with E-state index in [2.05, 4.69) is 24.5 Å². The summed E-state index contributed by atoms with van der Waals surface area (Å²) in [6.45, 7) is 8.67. The summed E-state index contributed by atoms with van der Waals surface area (Å²) in [7, 11) is 0.912. The van der Waals surface area contributed by atoms with Crippen LogP contribution in [0.4, 0.5) is 0 Å². The minimum Gasteiger partial charge on any atom is -0.376 e. The Morgan fingerprint density at radius 2 is 1.30 bits per heavy atom. The van der Waals surface area contributed by atoms with Crippen molar-refractivity contribution in [3.8, 4) is 0 Å². The van der Waals surface area contributed by atoms with E-state index in [-0.39, 0.29) is 0 Å². The summed E-state index contributed by atoms with van der Waals surface area (Å²) in [4.78, 5) is 0. The standard InChI is InChI=1S/C16H38N2O3SSi/c1-5-7-11-17-13-9-15-22-21-23(19-3,20-4)16-10-14-18-12-8-6-2/h17-18H,5-16H2,1-4H3. The van der Waals surface area contributed by atoms with E-state index in [0.29, 0.717) is 0 Å². The molecular formula is C16H38N2O3SSi. The van der Waals surface area contributed by atoms with Crippen molar-refractivity contribution in [3.05, 3.63) is 0 Å². The summed E-state index contributed by atoms with van der Waals surface area (Å²) >= 11 is 1.50. The van der Waals surface area contributed by atoms with Gasteiger partial charge in [0.1, 0.15) is 0 Å². The Balaban J connectivity index is 3.73. The molecule has 0 heterocycles. The highest BCUT2D eigenvalue weighted by molar-refractivity contribution is 7.95. The molecule has 0 aliphatic heterocycles. The van der Waals surface area contributed by atoms with Gasteiger partial charge in [-0.15, -0.1) is 0 Å². The minimum absolute atomic E-state index is 0.862. The first kappa shape index (κ1) is 23.4. The molecule has 0 saturated carbocycles. The van der Waals surface area contributed by atoms with Crippen molar-refractivity contribution in [1.29, 1.82) is 0 Å². The van der Waals surface area contributed by atoms with Crippen LogP contribution in [-0.4, -0.2) is 55.0 Å². The third kappa shape index (κ3) is 13.3. The lowest BCUT2D eigenvalue weighted by Gasteiger charge is -2.25. The zero-order valence-electron chi connectivity index (χ0n) is 15.6. The van der Waals surface area contributed by atoms with Crippen molar-refractivity contribution in [2.45, 2.75) is 58.4 Å². The van der Waals surface area contributed by atoms with Crippen molar-refractivity contribution < 1.29 is 12.7 Å². The van der Waals surface area contributed by atoms with Gasteiger partial charge in [-0.2, -0.15) is 0 Å². The number of unbranched alkanes of at least 4 members (excludes halogenated alkanes) is 2. The van der Waals surface area contributed by atoms with E-state index in [1.54, 1.807) is 14.2 Å². The lowest BCUT2D eigenvalue weighted by Crippen LogP contribution is -2.42. The predicted octanol–water partition coefficient (Wildman–Crippen LogP) is 3.44. The van der Waals surface area contributed by atoms with Crippen molar-refractivity contribution in [2.75, 3.05) is 46.2 Å². The highest BCUT2D eigenvalue weighted by Crippen LogP contribution is 2.22. The van der Waals surface area contributed by atoms with Crippen LogP contribution in [0.5, 0.6) is 0 Å². The molecule has 0 aromatic heterocycles. The highest BCUT2D eigenvalue weighted by atomic mass is 32.2. The van der Waals surface area contributed by atoms with E-state index in [4.69, 9.17) is 12.7 Å². The van der Waals surface area contributed by atoms with Crippen molar-refractivity contribution in [2.24, 2.45) is 0 Å². The molecule has 0 aromatic rings. The molecule has 0 fully saturated rings. The van der Waals surface area contributed by atoms with E-state index in [0.717, 1.165) is 50.8 Å². The Bertz CT molecular complexity index is 247. The van der Waals surface area contributed by atoms with Crippen LogP contribution in [-0.2, 0) is 12.7 Å². The van der Waals surface area contributed by atoms with E-state index in [9.17, 15) is 0 Å². The van der Waals surface area contributed by atoms with E-state index in [1.807, 2.05) is 0 Å². The fourth-order valence-electron chi connectivity index (χ4n) is 2.07. The second-order valence-electron chi connectivity index (χ2n) is 5.66. The van der Waals surface area contributed by atoms with Crippen LogP contribution in [0.25, 0.3) is 0 Å². The van der Waals surface area contributed by atoms with Crippen molar-refractivity contribution in [3.63, 3.8) is 0 Å². The van der Waals surface area contributed by atoms with Crippen LogP contribution in [0, 0.1) is 0 Å². The van der Waals surface area contributed by atoms with Gasteiger partial charge in [-0.3, -0.25) is 0 Å². The molecule has 5 nitrogen and oxygen atoms in total. The molecule has 0 bridgehead atoms. The van der Waals surface area contributed by atoms with Gasteiger partial charge in [-0.25, -0.2) is 0 Å². The van der Waals surface area contributed by atoms with Gasteiger partial charge < -0.3 is 23.4 Å². The molecule has 7 heteroatoms. The molecule has 2 N–H and O–H groups in total. The molecule has 0 atom stereocenters. The largest absolute Gasteiger partial charge is 0.511 e. The van der Waals surface area contributed by atoms with E-state index >= 15 is 0 Å². The lowest BCUT2D eigenvalue weighted by atomic mass is 10.3. The van der Waals surface area contributed by atoms with Gasteiger partial charge in [0.2, 0.25) is 0 Å². The number of nitrogens with one attached hydrogen (secondary N) is 2. The smallest absolute Gasteiger partial charge is 0.376 e. The zero-order valence-corrected chi connectivity index (χ0v) is 17.4. The van der Waals surface area contributed by atoms with Gasteiger partial charge in [-0.05, 0) is 63.9 Å². The third-order valence-corrected chi connectivity index (χ3v) is 7.79. The minimum atomic E-state index is -2.49. The van der Waals surface area contributed by atoms with Crippen LogP contribution >= 0.6 is 12.0 Å². The number of hydrogen-bond donors (Lipinski definition) is 2. The maximum absolute atomic E-state index is 5.94. The van der Waals surface area contributed by atoms with E-state index < -0.39 is 8.80 Å². The van der Waals surface area contributed by atoms with Gasteiger partial charge in [-0.1, -0.05) is 26.7 Å². The molecule has 0 unspecified atom stereocenters. The van der Waals surface area contributed by atoms with Gasteiger partial charge in [0, 0.05) is 26.0 Å². The first-order valence-corrected chi connectivity index (χ1v) is 11.9. The molecular weight excluding hydrogens is 328 g/mol. The van der Waals surface area contributed by atoms with Gasteiger partial charge in [0.25, 0.3) is 0 Å².